The number of aryl methyl sites for hydroxylation is 2. The molecule has 0 saturated heterocycles. The molecule has 0 N–H and O–H groups in total. The molecule has 0 aliphatic carbocycles. The predicted molar refractivity (Wildman–Crippen MR) is 525 cm³/mol. The summed E-state index contributed by atoms with van der Waals surface area (Å²) in [5.74, 6) is 55.3. The van der Waals surface area contributed by atoms with E-state index in [0.717, 1.165) is 126 Å². The van der Waals surface area contributed by atoms with Crippen molar-refractivity contribution < 1.29 is 9.59 Å². The number of carbonyl (C=O) groups is 2. The highest BCUT2D eigenvalue weighted by Crippen LogP contribution is 2.23. The summed E-state index contributed by atoms with van der Waals surface area (Å²) in [6.45, 7) is 22.0. The summed E-state index contributed by atoms with van der Waals surface area (Å²) in [6, 6.07) is 117. The quantitative estimate of drug-likeness (QED) is 0.0593. The van der Waals surface area contributed by atoms with E-state index in [1.165, 1.54) is 40.0 Å². The number of benzene rings is 12. The Kier molecular flexibility index (Phi) is 50.6. The Labute approximate surface area is 748 Å². The number of aromatic nitrogens is 1. The summed E-state index contributed by atoms with van der Waals surface area (Å²) >= 11 is 0. The van der Waals surface area contributed by atoms with Crippen LogP contribution >= 0.6 is 0 Å². The standard InChI is InChI=1S/C18H13NO2.C16H14.C15H12.C14H10.C12H11N.2C12H14.C11H12.C10H11N/c20-17-15-11-4-5-12-16(15)18(21)19(17)13-7-6-10-14-8-2-1-3-9-14;1-14-10-12-16(13-11-14)9-5-8-15-6-3-2-4-7-15;1-3-8-14(9-4-1)12-7-13-15-10-5-2-6-11-15;1-3-7-13(8-4-1)11-12-14-9-5-2-6-10-14;1-3-4-5-6-11-7-9-12(13-2)10-8-11;1-3-4-5-6-12-9-7-11(2)8-10-12;1-2-3-4-6-9-12-10-7-5-8-11-12;1-2-3-5-8-11-9-6-4-7-10-11;1-2-3-4-7-10-8-5-6-9-11-10/h1-5,8-9,11-12H,7,13H2;2-4,6-7,10-13H,8H2,1H3;1-6,8-11H,12H2;1-10H;7-10H,3-4H2,1H3;7-10H,3-4H2,1-2H3;5,7-8,10-11H,2-4H2,1H3;4,6-7,9-10H,2-3H2,1H3;5-6,8-9H,2-3H2,1H3. The largest absolute Gasteiger partial charge is 0.273 e. The van der Waals surface area contributed by atoms with Crippen molar-refractivity contribution in [2.24, 2.45) is 0 Å². The first-order valence-electron chi connectivity index (χ1n) is 42.8. The average Bonchev–Trinajstić information content (AvgIpc) is 1.64. The van der Waals surface area contributed by atoms with Crippen LogP contribution in [0, 0.1) is 127 Å². The number of hydrogen-bond acceptors (Lipinski definition) is 3. The van der Waals surface area contributed by atoms with Crippen LogP contribution in [0.3, 0.4) is 0 Å². The van der Waals surface area contributed by atoms with E-state index >= 15 is 0 Å². The van der Waals surface area contributed by atoms with E-state index in [1.54, 1.807) is 42.6 Å². The van der Waals surface area contributed by atoms with Gasteiger partial charge in [0.1, 0.15) is 5.69 Å². The Morgan fingerprint density at radius 2 is 0.544 bits per heavy atom. The lowest BCUT2D eigenvalue weighted by Crippen LogP contribution is -2.30. The molecule has 0 bridgehead atoms. The van der Waals surface area contributed by atoms with E-state index in [-0.39, 0.29) is 11.8 Å². The van der Waals surface area contributed by atoms with Crippen molar-refractivity contribution >= 4 is 17.5 Å². The zero-order chi connectivity index (χ0) is 88.7. The van der Waals surface area contributed by atoms with Crippen molar-refractivity contribution in [3.05, 3.63) is 465 Å². The summed E-state index contributed by atoms with van der Waals surface area (Å²) in [5, 5.41) is 0. The maximum atomic E-state index is 12.1. The normalized spacial score (nSPS) is 9.47. The molecule has 1 aliphatic heterocycles. The van der Waals surface area contributed by atoms with E-state index in [4.69, 9.17) is 6.57 Å². The molecule has 5 nitrogen and oxygen atoms in total. The molecule has 5 heteroatoms. The highest BCUT2D eigenvalue weighted by atomic mass is 16.2. The second-order valence-corrected chi connectivity index (χ2v) is 28.0. The van der Waals surface area contributed by atoms with E-state index in [2.05, 4.69) is 238 Å². The summed E-state index contributed by atoms with van der Waals surface area (Å²) in [5.41, 5.74) is 17.1. The SMILES string of the molecule is C(#Cc1ccccc1)Cc1ccccc1.C(#Cc1ccccc1)c1ccccc1.CCCC#Cc1ccc(C)cc1.CCCC#Cc1ccccc1.CCCC#Cc1ccccn1.CCCCC#Cc1ccccc1.Cc1ccc(C#CCc2ccccc2)cc1.O=C1c2ccccc2C(=O)N1CCC#Cc1ccccc1.[C-]#[N+]c1ccc(C#CCCC)cc1. The van der Waals surface area contributed by atoms with Gasteiger partial charge in [-0.15, -0.1) is 0 Å². The first-order chi connectivity index (χ1) is 61.5. The fraction of sp³-hybridized carbons (Fsp3) is 0.183. The maximum Gasteiger partial charge on any atom is 0.261 e. The van der Waals surface area contributed by atoms with Gasteiger partial charge in [-0.3, -0.25) is 14.5 Å². The van der Waals surface area contributed by atoms with Crippen LogP contribution in [-0.4, -0.2) is 28.2 Å². The molecule has 2 amide bonds. The molecule has 2 heterocycles. The molecule has 12 aromatic carbocycles. The fourth-order valence-corrected chi connectivity index (χ4v) is 10.6. The minimum atomic E-state index is -0.225. The third-order valence-corrected chi connectivity index (χ3v) is 17.4. The van der Waals surface area contributed by atoms with Crippen LogP contribution in [0.4, 0.5) is 5.69 Å². The zero-order valence-corrected chi connectivity index (χ0v) is 73.4. The molecule has 13 aromatic rings. The van der Waals surface area contributed by atoms with Crippen molar-refractivity contribution in [3.8, 4) is 107 Å². The molecule has 125 heavy (non-hydrogen) atoms. The molecule has 0 spiro atoms. The Balaban J connectivity index is 0.000000219. The minimum absolute atomic E-state index is 0.225. The number of hydrogen-bond donors (Lipinski definition) is 0. The summed E-state index contributed by atoms with van der Waals surface area (Å²) in [7, 11) is 0. The van der Waals surface area contributed by atoms with Crippen molar-refractivity contribution in [1.29, 1.82) is 0 Å². The lowest BCUT2D eigenvalue weighted by atomic mass is 10.1. The van der Waals surface area contributed by atoms with Crippen molar-refractivity contribution in [2.75, 3.05) is 6.54 Å². The first kappa shape index (κ1) is 98.3. The molecule has 0 fully saturated rings. The highest BCUT2D eigenvalue weighted by Gasteiger charge is 2.34. The molecular formula is C120H111N3O2. The van der Waals surface area contributed by atoms with Crippen molar-refractivity contribution in [3.63, 3.8) is 0 Å². The van der Waals surface area contributed by atoms with Gasteiger partial charge in [-0.2, -0.15) is 0 Å². The fourth-order valence-electron chi connectivity index (χ4n) is 10.6. The average molecular weight is 1630 g/mol. The smallest absolute Gasteiger partial charge is 0.261 e. The van der Waals surface area contributed by atoms with Crippen LogP contribution in [0.1, 0.15) is 210 Å². The van der Waals surface area contributed by atoms with Crippen molar-refractivity contribution in [2.45, 2.75) is 138 Å². The summed E-state index contributed by atoms with van der Waals surface area (Å²) < 4.78 is 0. The maximum absolute atomic E-state index is 12.1. The minimum Gasteiger partial charge on any atom is -0.273 e. The van der Waals surface area contributed by atoms with Gasteiger partial charge in [0, 0.05) is 114 Å². The van der Waals surface area contributed by atoms with Gasteiger partial charge in [0.2, 0.25) is 0 Å². The molecule has 14 rings (SSSR count). The molecule has 0 atom stereocenters. The zero-order valence-electron chi connectivity index (χ0n) is 73.4. The monoisotopic (exact) mass is 1630 g/mol. The van der Waals surface area contributed by atoms with Gasteiger partial charge in [-0.25, -0.2) is 9.83 Å². The number of nitrogens with zero attached hydrogens (tertiary/aromatic N) is 3. The molecule has 618 valence electrons. The van der Waals surface area contributed by atoms with Crippen LogP contribution in [0.25, 0.3) is 4.85 Å². The Morgan fingerprint density at radius 3 is 0.856 bits per heavy atom. The van der Waals surface area contributed by atoms with Crippen LogP contribution in [0.5, 0.6) is 0 Å². The number of amides is 2. The number of rotatable bonds is 10. The molecular weight excluding hydrogens is 1520 g/mol. The van der Waals surface area contributed by atoms with Crippen LogP contribution in [0.2, 0.25) is 0 Å². The highest BCUT2D eigenvalue weighted by molar-refractivity contribution is 6.21. The van der Waals surface area contributed by atoms with E-state index < -0.39 is 0 Å². The lowest BCUT2D eigenvalue weighted by Gasteiger charge is -2.10. The number of pyridine rings is 1. The first-order valence-corrected chi connectivity index (χ1v) is 42.8. The van der Waals surface area contributed by atoms with Crippen LogP contribution in [-0.2, 0) is 12.8 Å². The molecule has 1 aromatic heterocycles. The third kappa shape index (κ3) is 44.9. The van der Waals surface area contributed by atoms with Gasteiger partial charge in [-0.1, -0.05) is 389 Å². The van der Waals surface area contributed by atoms with Gasteiger partial charge in [0.05, 0.1) is 17.7 Å². The van der Waals surface area contributed by atoms with E-state index in [9.17, 15) is 9.59 Å². The van der Waals surface area contributed by atoms with Gasteiger partial charge < -0.3 is 0 Å². The van der Waals surface area contributed by atoms with Crippen molar-refractivity contribution in [1.82, 2.24) is 9.88 Å². The van der Waals surface area contributed by atoms with Gasteiger partial charge in [0.15, 0.2) is 5.69 Å². The summed E-state index contributed by atoms with van der Waals surface area (Å²) in [4.78, 5) is 32.9. The van der Waals surface area contributed by atoms with Crippen LogP contribution < -0.4 is 0 Å². The topological polar surface area (TPSA) is 54.6 Å². The van der Waals surface area contributed by atoms with Crippen LogP contribution in [0.15, 0.2) is 364 Å². The number of imide groups is 1. The second-order valence-electron chi connectivity index (χ2n) is 28.0. The molecule has 1 aliphatic rings. The Hall–Kier alpha value is -15.5. The summed E-state index contributed by atoms with van der Waals surface area (Å²) in [6.07, 6.45) is 15.7. The molecule has 0 radical (unpaired) electrons. The van der Waals surface area contributed by atoms with E-state index in [0.29, 0.717) is 29.8 Å². The van der Waals surface area contributed by atoms with Gasteiger partial charge >= 0.3 is 0 Å². The lowest BCUT2D eigenvalue weighted by molar-refractivity contribution is 0.0657. The molecule has 0 unspecified atom stereocenters. The number of fused-ring (bicyclic) bond motifs is 1. The van der Waals surface area contributed by atoms with E-state index in [1.807, 2.05) is 249 Å². The predicted octanol–water partition coefficient (Wildman–Crippen LogP) is 27.5. The molecule has 0 saturated carbocycles. The Morgan fingerprint density at radius 1 is 0.272 bits per heavy atom. The number of unbranched alkanes of at least 4 members (excludes halogenated alkanes) is 6. The number of carbonyl (C=O) groups excluding carboxylic acids is 2. The second kappa shape index (κ2) is 64.4. The van der Waals surface area contributed by atoms with Gasteiger partial charge in [0.25, 0.3) is 11.8 Å². The Bertz CT molecular complexity index is 5750. The van der Waals surface area contributed by atoms with Gasteiger partial charge in [-0.05, 0) is 184 Å². The third-order valence-electron chi connectivity index (χ3n) is 17.4.